The van der Waals surface area contributed by atoms with Crippen molar-refractivity contribution in [2.75, 3.05) is 12.9 Å². The molecule has 0 bridgehead atoms. The number of nitrogens with one attached hydrogen (secondary N) is 1. The molecule has 3 nitrogen and oxygen atoms in total. The van der Waals surface area contributed by atoms with Crippen molar-refractivity contribution in [2.24, 2.45) is 0 Å². The largest absolute Gasteiger partial charge is 0.496 e. The van der Waals surface area contributed by atoms with Gasteiger partial charge in [-0.1, -0.05) is 70.0 Å². The Morgan fingerprint density at radius 3 is 2.30 bits per heavy atom. The second-order valence-corrected chi connectivity index (χ2v) is 7.07. The molecule has 2 aromatic carbocycles. The molecule has 1 aliphatic heterocycles. The summed E-state index contributed by atoms with van der Waals surface area (Å²) in [6.45, 7) is 7.08. The number of unbranched alkanes of at least 4 members (excludes halogenated alkanes) is 1. The molecule has 1 unspecified atom stereocenters. The van der Waals surface area contributed by atoms with E-state index in [4.69, 9.17) is 4.74 Å². The number of thioether (sulfide) groups is 1. The first-order chi connectivity index (χ1) is 13.3. The molecule has 2 aromatic rings. The summed E-state index contributed by atoms with van der Waals surface area (Å²) in [6, 6.07) is 16.5. The predicted molar refractivity (Wildman–Crippen MR) is 117 cm³/mol. The van der Waals surface area contributed by atoms with Crippen LogP contribution in [0.1, 0.15) is 56.0 Å². The first-order valence-electron chi connectivity index (χ1n) is 9.80. The standard InChI is InChI=1S/C15H21NO2S.C6H6.C2H6/c1-3-4-5-13-10-19-15-7-12(9-17)14(18-2)6-11(15)8-16-13;1-2-4-6-5-3-1;1-2/h6-7,9,13,16H,3-5,8,10H2,1-2H3;1-6H;1-2H3. The molecule has 3 rings (SSSR count). The maximum atomic E-state index is 11.1. The fourth-order valence-corrected chi connectivity index (χ4v) is 3.88. The minimum Gasteiger partial charge on any atom is -0.496 e. The molecule has 1 N–H and O–H groups in total. The van der Waals surface area contributed by atoms with Gasteiger partial charge in [0.15, 0.2) is 6.29 Å². The van der Waals surface area contributed by atoms with Gasteiger partial charge in [-0.2, -0.15) is 0 Å². The summed E-state index contributed by atoms with van der Waals surface area (Å²) in [5.74, 6) is 1.74. The maximum absolute atomic E-state index is 11.1. The SMILES string of the molecule is CC.CCCCC1CSc2cc(C=O)c(OC)cc2CN1.c1ccccc1. The summed E-state index contributed by atoms with van der Waals surface area (Å²) in [5.41, 5.74) is 1.87. The number of hydrogen-bond donors (Lipinski definition) is 1. The van der Waals surface area contributed by atoms with Crippen LogP contribution >= 0.6 is 11.8 Å². The number of carbonyl (C=O) groups is 1. The van der Waals surface area contributed by atoms with Gasteiger partial charge >= 0.3 is 0 Å². The highest BCUT2D eigenvalue weighted by Gasteiger charge is 2.18. The zero-order valence-corrected chi connectivity index (χ0v) is 17.9. The van der Waals surface area contributed by atoms with Gasteiger partial charge in [-0.05, 0) is 24.1 Å². The predicted octanol–water partition coefficient (Wildman–Crippen LogP) is 5.97. The molecule has 4 heteroatoms. The monoisotopic (exact) mass is 387 g/mol. The van der Waals surface area contributed by atoms with Gasteiger partial charge < -0.3 is 10.1 Å². The van der Waals surface area contributed by atoms with E-state index in [1.165, 1.54) is 29.7 Å². The maximum Gasteiger partial charge on any atom is 0.153 e. The number of carbonyl (C=O) groups excluding carboxylic acids is 1. The van der Waals surface area contributed by atoms with Crippen LogP contribution in [0.25, 0.3) is 0 Å². The van der Waals surface area contributed by atoms with Gasteiger partial charge in [0.2, 0.25) is 0 Å². The fraction of sp³-hybridized carbons (Fsp3) is 0.435. The van der Waals surface area contributed by atoms with E-state index in [0.717, 1.165) is 18.6 Å². The molecule has 0 amide bonds. The zero-order valence-electron chi connectivity index (χ0n) is 17.0. The second-order valence-electron chi connectivity index (χ2n) is 6.01. The van der Waals surface area contributed by atoms with E-state index in [-0.39, 0.29) is 0 Å². The van der Waals surface area contributed by atoms with Gasteiger partial charge in [-0.15, -0.1) is 11.8 Å². The summed E-state index contributed by atoms with van der Waals surface area (Å²) in [6.07, 6.45) is 4.58. The van der Waals surface area contributed by atoms with Crippen LogP contribution in [0, 0.1) is 0 Å². The van der Waals surface area contributed by atoms with Crippen molar-refractivity contribution >= 4 is 18.0 Å². The Kier molecular flexibility index (Phi) is 12.3. The highest BCUT2D eigenvalue weighted by atomic mass is 32.2. The van der Waals surface area contributed by atoms with Crippen LogP contribution in [0.2, 0.25) is 0 Å². The van der Waals surface area contributed by atoms with Gasteiger partial charge in [-0.3, -0.25) is 4.79 Å². The van der Waals surface area contributed by atoms with Crippen LogP contribution in [0.15, 0.2) is 53.4 Å². The Morgan fingerprint density at radius 1 is 1.15 bits per heavy atom. The molecule has 0 spiro atoms. The van der Waals surface area contributed by atoms with Gasteiger partial charge in [0.25, 0.3) is 0 Å². The first-order valence-corrected chi connectivity index (χ1v) is 10.8. The second kappa shape index (κ2) is 14.3. The number of hydrogen-bond acceptors (Lipinski definition) is 4. The molecular weight excluding hydrogens is 354 g/mol. The third-order valence-corrected chi connectivity index (χ3v) is 5.39. The summed E-state index contributed by atoms with van der Waals surface area (Å²) in [5, 5.41) is 3.60. The van der Waals surface area contributed by atoms with Crippen LogP contribution in [-0.2, 0) is 6.54 Å². The lowest BCUT2D eigenvalue weighted by atomic mass is 10.1. The Hall–Kier alpha value is -1.78. The van der Waals surface area contributed by atoms with Crippen LogP contribution in [0.5, 0.6) is 5.75 Å². The van der Waals surface area contributed by atoms with E-state index in [2.05, 4.69) is 12.2 Å². The van der Waals surface area contributed by atoms with Crippen molar-refractivity contribution in [3.8, 4) is 5.75 Å². The Bertz CT molecular complexity index is 620. The smallest absolute Gasteiger partial charge is 0.153 e. The Morgan fingerprint density at radius 2 is 1.78 bits per heavy atom. The number of fused-ring (bicyclic) bond motifs is 1. The molecule has 0 radical (unpaired) electrons. The summed E-state index contributed by atoms with van der Waals surface area (Å²) in [4.78, 5) is 12.3. The molecule has 0 saturated carbocycles. The Balaban J connectivity index is 0.000000381. The first kappa shape index (κ1) is 23.3. The van der Waals surface area contributed by atoms with Crippen molar-refractivity contribution in [1.29, 1.82) is 0 Å². The number of ether oxygens (including phenoxy) is 1. The molecular formula is C23H33NO2S. The highest BCUT2D eigenvalue weighted by molar-refractivity contribution is 7.99. The lowest BCUT2D eigenvalue weighted by Gasteiger charge is -2.14. The van der Waals surface area contributed by atoms with E-state index in [9.17, 15) is 4.79 Å². The van der Waals surface area contributed by atoms with E-state index >= 15 is 0 Å². The zero-order chi connectivity index (χ0) is 19.9. The van der Waals surface area contributed by atoms with Crippen LogP contribution in [0.3, 0.4) is 0 Å². The van der Waals surface area contributed by atoms with Crippen molar-refractivity contribution < 1.29 is 9.53 Å². The topological polar surface area (TPSA) is 38.3 Å². The van der Waals surface area contributed by atoms with E-state index < -0.39 is 0 Å². The van der Waals surface area contributed by atoms with Gasteiger partial charge in [0.05, 0.1) is 12.7 Å². The molecule has 27 heavy (non-hydrogen) atoms. The van der Waals surface area contributed by atoms with Crippen molar-refractivity contribution in [1.82, 2.24) is 5.32 Å². The molecule has 1 atom stereocenters. The van der Waals surface area contributed by atoms with Crippen molar-refractivity contribution in [3.63, 3.8) is 0 Å². The van der Waals surface area contributed by atoms with E-state index in [0.29, 0.717) is 17.4 Å². The molecule has 0 saturated heterocycles. The average molecular weight is 388 g/mol. The van der Waals surface area contributed by atoms with E-state index in [1.807, 2.05) is 74.1 Å². The molecule has 0 aliphatic carbocycles. The van der Waals surface area contributed by atoms with Crippen LogP contribution < -0.4 is 10.1 Å². The molecule has 148 valence electrons. The lowest BCUT2D eigenvalue weighted by molar-refractivity contribution is 0.112. The molecule has 0 fully saturated rings. The van der Waals surface area contributed by atoms with Crippen LogP contribution in [0.4, 0.5) is 0 Å². The van der Waals surface area contributed by atoms with Crippen molar-refractivity contribution in [3.05, 3.63) is 59.7 Å². The average Bonchev–Trinajstić information content (AvgIpc) is 2.96. The fourth-order valence-electron chi connectivity index (χ4n) is 2.68. The van der Waals surface area contributed by atoms with Gasteiger partial charge in [-0.25, -0.2) is 0 Å². The summed E-state index contributed by atoms with van der Waals surface area (Å²) in [7, 11) is 1.61. The molecule has 1 aliphatic rings. The van der Waals surface area contributed by atoms with Crippen molar-refractivity contribution in [2.45, 2.75) is 57.5 Å². The quantitative estimate of drug-likeness (QED) is 0.641. The van der Waals surface area contributed by atoms with Crippen LogP contribution in [-0.4, -0.2) is 25.2 Å². The van der Waals surface area contributed by atoms with Gasteiger partial charge in [0, 0.05) is 23.2 Å². The highest BCUT2D eigenvalue weighted by Crippen LogP contribution is 2.32. The lowest BCUT2D eigenvalue weighted by Crippen LogP contribution is -2.29. The third-order valence-electron chi connectivity index (χ3n) is 4.13. The summed E-state index contributed by atoms with van der Waals surface area (Å²) >= 11 is 1.84. The van der Waals surface area contributed by atoms with E-state index in [1.54, 1.807) is 7.11 Å². The minimum absolute atomic E-state index is 0.558. The third kappa shape index (κ3) is 8.19. The Labute approximate surface area is 168 Å². The number of rotatable bonds is 5. The number of methoxy groups -OCH3 is 1. The molecule has 1 heterocycles. The number of aldehydes is 1. The number of benzene rings is 2. The van der Waals surface area contributed by atoms with Gasteiger partial charge in [0.1, 0.15) is 5.75 Å². The molecule has 0 aromatic heterocycles. The summed E-state index contributed by atoms with van der Waals surface area (Å²) < 4.78 is 5.27. The normalized spacial score (nSPS) is 15.0. The minimum atomic E-state index is 0.558.